The molecule has 33 heavy (non-hydrogen) atoms. The Bertz CT molecular complexity index is 1160. The molecule has 0 aliphatic carbocycles. The maximum atomic E-state index is 12.9. The van der Waals surface area contributed by atoms with Crippen LogP contribution in [0.25, 0.3) is 0 Å². The molecule has 1 aromatic heterocycles. The van der Waals surface area contributed by atoms with Gasteiger partial charge in [-0.15, -0.1) is 0 Å². The zero-order valence-electron chi connectivity index (χ0n) is 18.3. The molecular weight excluding hydrogens is 477 g/mol. The number of carbonyl (C=O) groups excluding carboxylic acids is 2. The van der Waals surface area contributed by atoms with Gasteiger partial charge in [0.15, 0.2) is 0 Å². The van der Waals surface area contributed by atoms with E-state index in [0.717, 1.165) is 19.2 Å². The Kier molecular flexibility index (Phi) is 8.88. The summed E-state index contributed by atoms with van der Waals surface area (Å²) in [6.07, 6.45) is 1.38. The van der Waals surface area contributed by atoms with Crippen molar-refractivity contribution in [3.05, 3.63) is 41.7 Å². The quantitative estimate of drug-likeness (QED) is 0.322. The van der Waals surface area contributed by atoms with Gasteiger partial charge in [0, 0.05) is 17.6 Å². The number of sulfonamides is 1. The number of urea groups is 1. The number of amides is 2. The van der Waals surface area contributed by atoms with Crippen molar-refractivity contribution >= 4 is 41.4 Å². The van der Waals surface area contributed by atoms with Crippen molar-refractivity contribution in [2.75, 3.05) is 30.7 Å². The van der Waals surface area contributed by atoms with Gasteiger partial charge in [-0.25, -0.2) is 37.3 Å². The highest BCUT2D eigenvalue weighted by Gasteiger charge is 2.29. The molecule has 0 aliphatic heterocycles. The first-order valence-corrected chi connectivity index (χ1v) is 12.6. The van der Waals surface area contributed by atoms with Gasteiger partial charge < -0.3 is 4.74 Å². The standard InChI is InChI=1S/C18H24N5O8PS/c1-5-30-32(26,31-6-2)22-13-7-8-14(16(24)29-4)15(11-13)33(27,28)23-18(25)21-17-19-10-9-12(3)20-17/h7-11H,5-6H2,1-4H3,(H,22,26)(H2,19,20,21,23,25). The molecule has 15 heteroatoms. The minimum atomic E-state index is -4.61. The molecule has 0 bridgehead atoms. The molecule has 3 N–H and O–H groups in total. The Morgan fingerprint density at radius 3 is 2.36 bits per heavy atom. The number of hydrogen-bond donors (Lipinski definition) is 3. The number of carbonyl (C=O) groups is 2. The van der Waals surface area contributed by atoms with Crippen LogP contribution >= 0.6 is 7.75 Å². The van der Waals surface area contributed by atoms with Crippen LogP contribution in [0, 0.1) is 6.92 Å². The van der Waals surface area contributed by atoms with Crippen molar-refractivity contribution in [3.8, 4) is 0 Å². The second-order valence-electron chi connectivity index (χ2n) is 6.23. The molecule has 2 rings (SSSR count). The average molecular weight is 501 g/mol. The normalized spacial score (nSPS) is 11.5. The van der Waals surface area contributed by atoms with E-state index in [1.165, 1.54) is 12.3 Å². The van der Waals surface area contributed by atoms with E-state index < -0.39 is 34.7 Å². The Balaban J connectivity index is 2.39. The molecular formula is C18H24N5O8PS. The number of anilines is 2. The van der Waals surface area contributed by atoms with Gasteiger partial charge >= 0.3 is 19.7 Å². The lowest BCUT2D eigenvalue weighted by Gasteiger charge is -2.19. The molecule has 1 aromatic carbocycles. The zero-order chi connectivity index (χ0) is 24.6. The molecule has 0 unspecified atom stereocenters. The predicted octanol–water partition coefficient (Wildman–Crippen LogP) is 2.68. The second kappa shape index (κ2) is 11.2. The lowest BCUT2D eigenvalue weighted by Crippen LogP contribution is -2.35. The van der Waals surface area contributed by atoms with Crippen LogP contribution in [-0.4, -0.2) is 50.7 Å². The highest BCUT2D eigenvalue weighted by Crippen LogP contribution is 2.48. The van der Waals surface area contributed by atoms with Crippen molar-refractivity contribution in [1.29, 1.82) is 0 Å². The molecule has 2 aromatic rings. The van der Waals surface area contributed by atoms with Crippen molar-refractivity contribution in [2.24, 2.45) is 0 Å². The minimum absolute atomic E-state index is 0.00399. The SMILES string of the molecule is CCOP(=O)(Nc1ccc(C(=O)OC)c(S(=O)(=O)NC(=O)Nc2nccc(C)n2)c1)OCC. The molecule has 1 heterocycles. The van der Waals surface area contributed by atoms with E-state index in [4.69, 9.17) is 9.05 Å². The lowest BCUT2D eigenvalue weighted by molar-refractivity contribution is 0.0596. The monoisotopic (exact) mass is 501 g/mol. The number of methoxy groups -OCH3 is 1. The van der Waals surface area contributed by atoms with Crippen LogP contribution in [0.4, 0.5) is 16.4 Å². The van der Waals surface area contributed by atoms with Gasteiger partial charge in [0.2, 0.25) is 5.95 Å². The Morgan fingerprint density at radius 1 is 1.12 bits per heavy atom. The van der Waals surface area contributed by atoms with Crippen LogP contribution in [0.1, 0.15) is 29.9 Å². The third kappa shape index (κ3) is 7.22. The van der Waals surface area contributed by atoms with E-state index in [-0.39, 0.29) is 30.4 Å². The molecule has 0 fully saturated rings. The molecule has 0 saturated heterocycles. The first-order valence-electron chi connectivity index (χ1n) is 9.56. The van der Waals surface area contributed by atoms with E-state index >= 15 is 0 Å². The van der Waals surface area contributed by atoms with Crippen LogP contribution in [0.2, 0.25) is 0 Å². The van der Waals surface area contributed by atoms with Crippen molar-refractivity contribution in [2.45, 2.75) is 25.7 Å². The van der Waals surface area contributed by atoms with Crippen LogP contribution in [-0.2, 0) is 28.4 Å². The van der Waals surface area contributed by atoms with E-state index in [2.05, 4.69) is 25.1 Å². The fraction of sp³-hybridized carbons (Fsp3) is 0.333. The lowest BCUT2D eigenvalue weighted by atomic mass is 10.2. The summed E-state index contributed by atoms with van der Waals surface area (Å²) in [7, 11) is -7.35. The second-order valence-corrected chi connectivity index (χ2v) is 9.61. The summed E-state index contributed by atoms with van der Waals surface area (Å²) in [5, 5.41) is 4.69. The van der Waals surface area contributed by atoms with Gasteiger partial charge in [-0.3, -0.25) is 19.5 Å². The Hall–Kier alpha value is -3.06. The Morgan fingerprint density at radius 2 is 1.79 bits per heavy atom. The van der Waals surface area contributed by atoms with E-state index in [1.54, 1.807) is 31.6 Å². The van der Waals surface area contributed by atoms with Crippen molar-refractivity contribution < 1.29 is 36.4 Å². The number of rotatable bonds is 10. The van der Waals surface area contributed by atoms with Gasteiger partial charge in [-0.2, -0.15) is 0 Å². The first-order chi connectivity index (χ1) is 15.5. The number of hydrogen-bond acceptors (Lipinski definition) is 10. The summed E-state index contributed by atoms with van der Waals surface area (Å²) in [4.78, 5) is 31.5. The van der Waals surface area contributed by atoms with Crippen molar-refractivity contribution in [3.63, 3.8) is 0 Å². The van der Waals surface area contributed by atoms with Gasteiger partial charge in [-0.1, -0.05) is 0 Å². The molecule has 0 radical (unpaired) electrons. The van der Waals surface area contributed by atoms with Crippen molar-refractivity contribution in [1.82, 2.24) is 14.7 Å². The highest BCUT2D eigenvalue weighted by molar-refractivity contribution is 7.90. The minimum Gasteiger partial charge on any atom is -0.465 e. The molecule has 0 spiro atoms. The fourth-order valence-electron chi connectivity index (χ4n) is 2.51. The number of nitrogens with one attached hydrogen (secondary N) is 3. The summed E-state index contributed by atoms with van der Waals surface area (Å²) in [5.74, 6) is -1.09. The highest BCUT2D eigenvalue weighted by atomic mass is 32.2. The summed E-state index contributed by atoms with van der Waals surface area (Å²) in [6, 6.07) is 3.84. The third-order valence-electron chi connectivity index (χ3n) is 3.79. The van der Waals surface area contributed by atoms with Crippen LogP contribution < -0.4 is 15.1 Å². The summed E-state index contributed by atoms with van der Waals surface area (Å²) < 4.78 is 55.3. The van der Waals surface area contributed by atoms with Crippen LogP contribution in [0.15, 0.2) is 35.4 Å². The van der Waals surface area contributed by atoms with Gasteiger partial charge in [-0.05, 0) is 45.0 Å². The predicted molar refractivity (Wildman–Crippen MR) is 118 cm³/mol. The maximum Gasteiger partial charge on any atom is 0.432 e. The Labute approximate surface area is 190 Å². The molecule has 2 amide bonds. The number of ether oxygens (including phenoxy) is 1. The van der Waals surface area contributed by atoms with Gasteiger partial charge in [0.05, 0.1) is 25.9 Å². The smallest absolute Gasteiger partial charge is 0.432 e. The van der Waals surface area contributed by atoms with E-state index in [0.29, 0.717) is 5.69 Å². The van der Waals surface area contributed by atoms with Gasteiger partial charge in [0.1, 0.15) is 4.90 Å². The third-order valence-corrected chi connectivity index (χ3v) is 6.89. The van der Waals surface area contributed by atoms with E-state index in [9.17, 15) is 22.6 Å². The number of nitrogens with zero attached hydrogens (tertiary/aromatic N) is 2. The van der Waals surface area contributed by atoms with Gasteiger partial charge in [0.25, 0.3) is 10.0 Å². The van der Waals surface area contributed by atoms with E-state index in [1.807, 2.05) is 0 Å². The number of esters is 1. The summed E-state index contributed by atoms with van der Waals surface area (Å²) in [6.45, 7) is 4.97. The molecule has 0 atom stereocenters. The molecule has 180 valence electrons. The molecule has 13 nitrogen and oxygen atoms in total. The topological polar surface area (TPSA) is 175 Å². The zero-order valence-corrected chi connectivity index (χ0v) is 20.0. The number of aromatic nitrogens is 2. The van der Waals surface area contributed by atoms with Crippen LogP contribution in [0.5, 0.6) is 0 Å². The first kappa shape index (κ1) is 26.2. The largest absolute Gasteiger partial charge is 0.465 e. The summed E-state index contributed by atoms with van der Waals surface area (Å²) in [5.41, 5.74) is 0.177. The van der Waals surface area contributed by atoms with Crippen LogP contribution in [0.3, 0.4) is 0 Å². The number of aryl methyl sites for hydroxylation is 1. The summed E-state index contributed by atoms with van der Waals surface area (Å²) >= 11 is 0. The molecule has 0 saturated carbocycles. The molecule has 0 aliphatic rings. The number of benzene rings is 1. The fourth-order valence-corrected chi connectivity index (χ4v) is 4.97. The maximum absolute atomic E-state index is 12.9. The average Bonchev–Trinajstić information content (AvgIpc) is 2.73.